The van der Waals surface area contributed by atoms with Crippen molar-refractivity contribution < 1.29 is 27.5 Å². The summed E-state index contributed by atoms with van der Waals surface area (Å²) < 4.78 is 40.9. The third-order valence-corrected chi connectivity index (χ3v) is 5.59. The summed E-state index contributed by atoms with van der Waals surface area (Å²) >= 11 is 1.43. The van der Waals surface area contributed by atoms with Crippen molar-refractivity contribution in [2.75, 3.05) is 12.3 Å². The number of hydrogen-bond donors (Lipinski definition) is 2. The molecule has 0 radical (unpaired) electrons. The first kappa shape index (κ1) is 24.1. The zero-order chi connectivity index (χ0) is 21.2. The van der Waals surface area contributed by atoms with Crippen LogP contribution in [0.1, 0.15) is 12.5 Å². The molecule has 1 aromatic rings. The van der Waals surface area contributed by atoms with Crippen molar-refractivity contribution in [3.63, 3.8) is 0 Å². The number of amides is 1. The fourth-order valence-electron chi connectivity index (χ4n) is 3.11. The van der Waals surface area contributed by atoms with Crippen LogP contribution in [0.4, 0.5) is 13.2 Å². The predicted molar refractivity (Wildman–Crippen MR) is 110 cm³/mol. The van der Waals surface area contributed by atoms with Gasteiger partial charge in [-0.15, -0.1) is 37.3 Å². The Labute approximate surface area is 182 Å². The Morgan fingerprint density at radius 1 is 1.33 bits per heavy atom. The number of halogens is 4. The second-order valence-corrected chi connectivity index (χ2v) is 7.67. The molecule has 0 saturated carbocycles. The van der Waals surface area contributed by atoms with Crippen LogP contribution in [-0.2, 0) is 16.1 Å². The van der Waals surface area contributed by atoms with Gasteiger partial charge in [-0.25, -0.2) is 0 Å². The highest BCUT2D eigenvalue weighted by Gasteiger charge is 2.39. The fraction of sp³-hybridized carbons (Fsp3) is 0.368. The number of alkyl halides is 3. The molecule has 11 heteroatoms. The summed E-state index contributed by atoms with van der Waals surface area (Å²) in [5.74, 6) is -0.315. The molecule has 2 aliphatic rings. The molecule has 1 unspecified atom stereocenters. The maximum absolute atomic E-state index is 12.7. The number of rotatable bonds is 5. The lowest BCUT2D eigenvalue weighted by molar-refractivity contribution is -0.274. The molecule has 0 spiro atoms. The smallest absolute Gasteiger partial charge is 0.406 e. The van der Waals surface area contributed by atoms with Crippen LogP contribution in [0.25, 0.3) is 0 Å². The van der Waals surface area contributed by atoms with E-state index in [1.54, 1.807) is 24.1 Å². The van der Waals surface area contributed by atoms with Gasteiger partial charge in [0.15, 0.2) is 5.78 Å². The zero-order valence-electron chi connectivity index (χ0n) is 15.9. The minimum atomic E-state index is -4.76. The lowest BCUT2D eigenvalue weighted by Crippen LogP contribution is -2.52. The average Bonchev–Trinajstić information content (AvgIpc) is 2.65. The molecule has 2 aliphatic heterocycles. The second kappa shape index (κ2) is 9.76. The Morgan fingerprint density at radius 2 is 2.00 bits per heavy atom. The number of nitrogens with zero attached hydrogens (tertiary/aromatic N) is 1. The first-order valence-corrected chi connectivity index (χ1v) is 9.90. The summed E-state index contributed by atoms with van der Waals surface area (Å²) in [5.41, 5.74) is 6.98. The molecule has 1 saturated heterocycles. The Balaban J connectivity index is 0.00000320. The predicted octanol–water partition coefficient (Wildman–Crippen LogP) is 2.74. The molecular weight excluding hydrogens is 443 g/mol. The van der Waals surface area contributed by atoms with Gasteiger partial charge >= 0.3 is 6.36 Å². The van der Waals surface area contributed by atoms with E-state index in [1.807, 2.05) is 0 Å². The summed E-state index contributed by atoms with van der Waals surface area (Å²) in [4.78, 5) is 27.4. The second-order valence-electron chi connectivity index (χ2n) is 6.58. The molecule has 164 valence electrons. The minimum Gasteiger partial charge on any atom is -0.406 e. The largest absolute Gasteiger partial charge is 0.573 e. The topological polar surface area (TPSA) is 84.7 Å². The number of thioether (sulfide) groups is 1. The van der Waals surface area contributed by atoms with E-state index in [0.717, 1.165) is 4.91 Å². The molecule has 1 aromatic carbocycles. The summed E-state index contributed by atoms with van der Waals surface area (Å²) in [6.07, 6.45) is -1.48. The Bertz CT molecular complexity index is 859. The van der Waals surface area contributed by atoms with Crippen LogP contribution in [0, 0.1) is 0 Å². The van der Waals surface area contributed by atoms with Gasteiger partial charge in [-0.3, -0.25) is 9.59 Å². The summed E-state index contributed by atoms with van der Waals surface area (Å²) in [7, 11) is 0. The highest BCUT2D eigenvalue weighted by atomic mass is 35.5. The molecule has 3 rings (SSSR count). The van der Waals surface area contributed by atoms with Crippen molar-refractivity contribution in [3.05, 3.63) is 52.6 Å². The van der Waals surface area contributed by atoms with Crippen molar-refractivity contribution in [1.29, 1.82) is 0 Å². The highest BCUT2D eigenvalue weighted by molar-refractivity contribution is 8.03. The number of ketones is 1. The van der Waals surface area contributed by atoms with Gasteiger partial charge in [0.1, 0.15) is 11.8 Å². The van der Waals surface area contributed by atoms with E-state index in [4.69, 9.17) is 5.73 Å². The van der Waals surface area contributed by atoms with Gasteiger partial charge in [-0.1, -0.05) is 12.1 Å². The monoisotopic (exact) mass is 463 g/mol. The Kier molecular flexibility index (Phi) is 7.84. The first-order chi connectivity index (χ1) is 13.7. The van der Waals surface area contributed by atoms with Gasteiger partial charge in [0.05, 0.1) is 11.6 Å². The normalized spacial score (nSPS) is 21.1. The molecule has 6 nitrogen and oxygen atoms in total. The van der Waals surface area contributed by atoms with Crippen LogP contribution < -0.4 is 15.8 Å². The van der Waals surface area contributed by atoms with Gasteiger partial charge in [0, 0.05) is 29.9 Å². The Morgan fingerprint density at radius 3 is 2.60 bits per heavy atom. The third kappa shape index (κ3) is 5.71. The molecule has 0 aromatic heterocycles. The summed E-state index contributed by atoms with van der Waals surface area (Å²) in [6, 6.07) is 4.15. The standard InChI is InChI=1S/C19H20F3N3O3S.ClH/c1-2-24-18(27)12-7-15-16(17(26)14(23)10-29-15)25(9-12)8-11-3-5-13(6-4-11)28-19(20,21)22;/h3-7,9,14,16H,2,8,10,23H2,1H3,(H,24,27);1H/t14-,16?;/m0./s1. The highest BCUT2D eigenvalue weighted by Crippen LogP contribution is 2.36. The van der Waals surface area contributed by atoms with E-state index in [2.05, 4.69) is 10.1 Å². The molecule has 0 bridgehead atoms. The fourth-order valence-corrected chi connectivity index (χ4v) is 4.27. The van der Waals surface area contributed by atoms with Crippen molar-refractivity contribution in [1.82, 2.24) is 10.2 Å². The van der Waals surface area contributed by atoms with Crippen LogP contribution in [-0.4, -0.2) is 47.3 Å². The molecule has 2 heterocycles. The number of ether oxygens (including phenoxy) is 1. The maximum Gasteiger partial charge on any atom is 0.573 e. The average molecular weight is 464 g/mol. The minimum absolute atomic E-state index is 0. The van der Waals surface area contributed by atoms with Gasteiger partial charge in [-0.05, 0) is 30.7 Å². The molecule has 0 aliphatic carbocycles. The van der Waals surface area contributed by atoms with Crippen LogP contribution >= 0.6 is 24.2 Å². The Hall–Kier alpha value is -2.17. The molecule has 1 amide bonds. The van der Waals surface area contributed by atoms with Crippen molar-refractivity contribution in [2.24, 2.45) is 5.73 Å². The van der Waals surface area contributed by atoms with E-state index >= 15 is 0 Å². The van der Waals surface area contributed by atoms with Crippen molar-refractivity contribution in [3.8, 4) is 5.75 Å². The van der Waals surface area contributed by atoms with Crippen LogP contribution in [0.5, 0.6) is 5.75 Å². The number of carbonyl (C=O) groups excluding carboxylic acids is 2. The lowest BCUT2D eigenvalue weighted by atomic mass is 9.98. The van der Waals surface area contributed by atoms with E-state index < -0.39 is 18.4 Å². The van der Waals surface area contributed by atoms with E-state index in [-0.39, 0.29) is 36.4 Å². The summed E-state index contributed by atoms with van der Waals surface area (Å²) in [5, 5.41) is 2.72. The molecular formula is C19H21ClF3N3O3S. The van der Waals surface area contributed by atoms with Gasteiger partial charge in [-0.2, -0.15) is 0 Å². The number of Topliss-reactive ketones (excluding diaryl/α,β-unsaturated/α-hetero) is 1. The number of fused-ring (bicyclic) bond motifs is 1. The van der Waals surface area contributed by atoms with E-state index in [9.17, 15) is 22.8 Å². The first-order valence-electron chi connectivity index (χ1n) is 8.92. The lowest BCUT2D eigenvalue weighted by Gasteiger charge is -2.38. The number of likely N-dealkylation sites (N-methyl/N-ethyl adjacent to an activating group) is 1. The maximum atomic E-state index is 12.7. The third-order valence-electron chi connectivity index (χ3n) is 4.39. The quantitative estimate of drug-likeness (QED) is 0.698. The van der Waals surface area contributed by atoms with E-state index in [1.165, 1.54) is 36.0 Å². The van der Waals surface area contributed by atoms with Gasteiger partial charge in [0.2, 0.25) is 0 Å². The van der Waals surface area contributed by atoms with Crippen molar-refractivity contribution in [2.45, 2.75) is 31.9 Å². The van der Waals surface area contributed by atoms with Crippen LogP contribution in [0.3, 0.4) is 0 Å². The van der Waals surface area contributed by atoms with Crippen LogP contribution in [0.2, 0.25) is 0 Å². The number of carbonyl (C=O) groups is 2. The number of nitrogens with two attached hydrogens (primary N) is 1. The van der Waals surface area contributed by atoms with Crippen LogP contribution in [0.15, 0.2) is 47.0 Å². The van der Waals surface area contributed by atoms with Gasteiger partial charge in [0.25, 0.3) is 5.91 Å². The number of benzene rings is 1. The SMILES string of the molecule is CCNC(=O)C1=CN(Cc2ccc(OC(F)(F)F)cc2)C2C(=O)[C@@H](N)CSC2=C1.Cl. The zero-order valence-corrected chi connectivity index (χ0v) is 17.6. The molecule has 30 heavy (non-hydrogen) atoms. The molecule has 2 atom stereocenters. The van der Waals surface area contributed by atoms with E-state index in [0.29, 0.717) is 23.4 Å². The summed E-state index contributed by atoms with van der Waals surface area (Å²) in [6.45, 7) is 2.48. The van der Waals surface area contributed by atoms with Crippen molar-refractivity contribution >= 4 is 35.9 Å². The number of nitrogens with one attached hydrogen (secondary N) is 1. The number of hydrogen-bond acceptors (Lipinski definition) is 6. The molecule has 1 fully saturated rings. The molecule has 3 N–H and O–H groups in total. The van der Waals surface area contributed by atoms with Gasteiger partial charge < -0.3 is 20.7 Å².